The van der Waals surface area contributed by atoms with Crippen LogP contribution in [0.4, 0.5) is 10.1 Å². The molecular weight excluding hydrogens is 408 g/mol. The van der Waals surface area contributed by atoms with E-state index in [2.05, 4.69) is 37.2 Å². The highest BCUT2D eigenvalue weighted by Crippen LogP contribution is 2.35. The van der Waals surface area contributed by atoms with Crippen LogP contribution in [0.2, 0.25) is 5.02 Å². The number of hydrogen-bond donors (Lipinski definition) is 1. The smallest absolute Gasteiger partial charge is 0.141 e. The third-order valence-corrected chi connectivity index (χ3v) is 4.53. The lowest BCUT2D eigenvalue weighted by atomic mass is 10.1. The first-order valence-corrected chi connectivity index (χ1v) is 8.02. The van der Waals surface area contributed by atoms with Gasteiger partial charge in [-0.1, -0.05) is 17.7 Å². The molecule has 2 aromatic rings. The Morgan fingerprint density at radius 2 is 1.75 bits per heavy atom. The van der Waals surface area contributed by atoms with Crippen LogP contribution in [-0.4, -0.2) is 0 Å². The van der Waals surface area contributed by atoms with E-state index >= 15 is 0 Å². The maximum absolute atomic E-state index is 13.2. The van der Waals surface area contributed by atoms with Crippen molar-refractivity contribution in [3.63, 3.8) is 0 Å². The molecule has 2 rings (SSSR count). The zero-order valence-corrected chi connectivity index (χ0v) is 14.9. The van der Waals surface area contributed by atoms with Gasteiger partial charge in [-0.05, 0) is 81.1 Å². The predicted molar refractivity (Wildman–Crippen MR) is 90.0 cm³/mol. The molecule has 0 saturated heterocycles. The fourth-order valence-electron chi connectivity index (χ4n) is 1.92. The minimum absolute atomic E-state index is 0.00315. The number of benzene rings is 2. The summed E-state index contributed by atoms with van der Waals surface area (Å²) in [6, 6.07) is 8.84. The van der Waals surface area contributed by atoms with Gasteiger partial charge in [-0.2, -0.15) is 0 Å². The average molecular weight is 422 g/mol. The van der Waals surface area contributed by atoms with Crippen LogP contribution in [0.3, 0.4) is 0 Å². The highest BCUT2D eigenvalue weighted by Gasteiger charge is 2.12. The van der Waals surface area contributed by atoms with Gasteiger partial charge in [0.1, 0.15) is 5.82 Å². The van der Waals surface area contributed by atoms with Crippen LogP contribution >= 0.6 is 43.5 Å². The van der Waals surface area contributed by atoms with Crippen LogP contribution in [0.1, 0.15) is 24.1 Å². The quantitative estimate of drug-likeness (QED) is 0.598. The number of rotatable bonds is 3. The summed E-state index contributed by atoms with van der Waals surface area (Å²) in [5.41, 5.74) is 3.05. The lowest BCUT2D eigenvalue weighted by Gasteiger charge is -2.19. The van der Waals surface area contributed by atoms with E-state index in [9.17, 15) is 4.39 Å². The van der Waals surface area contributed by atoms with Crippen LogP contribution in [-0.2, 0) is 0 Å². The van der Waals surface area contributed by atoms with Gasteiger partial charge in [-0.25, -0.2) is 4.39 Å². The Balaban J connectivity index is 2.27. The Morgan fingerprint density at radius 3 is 2.30 bits per heavy atom. The zero-order valence-electron chi connectivity index (χ0n) is 11.0. The molecule has 0 aliphatic carbocycles. The summed E-state index contributed by atoms with van der Waals surface area (Å²) >= 11 is 12.9. The molecule has 1 atom stereocenters. The monoisotopic (exact) mass is 419 g/mol. The third-order valence-electron chi connectivity index (χ3n) is 2.99. The second kappa shape index (κ2) is 6.46. The van der Waals surface area contributed by atoms with Crippen LogP contribution in [0.25, 0.3) is 0 Å². The Labute approximate surface area is 139 Å². The van der Waals surface area contributed by atoms with Crippen molar-refractivity contribution in [1.29, 1.82) is 0 Å². The first-order chi connectivity index (χ1) is 9.38. The molecule has 1 N–H and O–H groups in total. The SMILES string of the molecule is Cc1cc(Br)c(NC(C)c2ccc(F)c(Cl)c2)c(Br)c1. The Hall–Kier alpha value is -0.580. The van der Waals surface area contributed by atoms with Crippen molar-refractivity contribution >= 4 is 49.1 Å². The number of hydrogen-bond acceptors (Lipinski definition) is 1. The van der Waals surface area contributed by atoms with Crippen LogP contribution in [0.15, 0.2) is 39.3 Å². The highest BCUT2D eigenvalue weighted by molar-refractivity contribution is 9.11. The van der Waals surface area contributed by atoms with E-state index in [0.29, 0.717) is 0 Å². The van der Waals surface area contributed by atoms with E-state index in [1.807, 2.05) is 26.0 Å². The molecule has 0 amide bonds. The topological polar surface area (TPSA) is 12.0 Å². The third kappa shape index (κ3) is 3.54. The number of halogens is 4. The van der Waals surface area contributed by atoms with Crippen molar-refractivity contribution in [3.8, 4) is 0 Å². The highest BCUT2D eigenvalue weighted by atomic mass is 79.9. The largest absolute Gasteiger partial charge is 0.377 e. The van der Waals surface area contributed by atoms with Gasteiger partial charge in [-0.15, -0.1) is 0 Å². The summed E-state index contributed by atoms with van der Waals surface area (Å²) in [6.45, 7) is 4.03. The van der Waals surface area contributed by atoms with E-state index in [1.54, 1.807) is 12.1 Å². The molecule has 0 aliphatic rings. The lowest BCUT2D eigenvalue weighted by molar-refractivity contribution is 0.627. The maximum atomic E-state index is 13.2. The molecule has 0 bridgehead atoms. The van der Waals surface area contributed by atoms with Gasteiger partial charge in [0, 0.05) is 15.0 Å². The number of aryl methyl sites for hydroxylation is 1. The first kappa shape index (κ1) is 15.8. The predicted octanol–water partition coefficient (Wildman–Crippen LogP) is 6.49. The van der Waals surface area contributed by atoms with Gasteiger partial charge in [0.05, 0.1) is 10.7 Å². The zero-order chi connectivity index (χ0) is 14.9. The van der Waals surface area contributed by atoms with Crippen LogP contribution < -0.4 is 5.32 Å². The van der Waals surface area contributed by atoms with Crippen molar-refractivity contribution in [1.82, 2.24) is 0 Å². The Kier molecular flexibility index (Phi) is 5.10. The molecule has 1 unspecified atom stereocenters. The molecule has 0 saturated carbocycles. The van der Waals surface area contributed by atoms with Crippen molar-refractivity contribution in [2.75, 3.05) is 5.32 Å². The van der Waals surface area contributed by atoms with E-state index < -0.39 is 5.82 Å². The molecule has 20 heavy (non-hydrogen) atoms. The molecule has 0 aromatic heterocycles. The normalized spacial score (nSPS) is 12.3. The Bertz CT molecular complexity index is 623. The van der Waals surface area contributed by atoms with E-state index in [1.165, 1.54) is 6.07 Å². The Morgan fingerprint density at radius 1 is 1.15 bits per heavy atom. The van der Waals surface area contributed by atoms with Crippen molar-refractivity contribution in [2.24, 2.45) is 0 Å². The standard InChI is InChI=1S/C15H13Br2ClFN/c1-8-5-11(16)15(12(17)6-8)20-9(2)10-3-4-14(19)13(18)7-10/h3-7,9,20H,1-2H3. The number of anilines is 1. The van der Waals surface area contributed by atoms with Gasteiger partial charge < -0.3 is 5.32 Å². The van der Waals surface area contributed by atoms with Gasteiger partial charge in [-0.3, -0.25) is 0 Å². The summed E-state index contributed by atoms with van der Waals surface area (Å²) < 4.78 is 15.1. The molecule has 0 fully saturated rings. The molecule has 0 radical (unpaired) electrons. The molecule has 106 valence electrons. The summed E-state index contributed by atoms with van der Waals surface area (Å²) in [5, 5.41) is 3.53. The maximum Gasteiger partial charge on any atom is 0.141 e. The van der Waals surface area contributed by atoms with Crippen LogP contribution in [0.5, 0.6) is 0 Å². The number of nitrogens with one attached hydrogen (secondary N) is 1. The van der Waals surface area contributed by atoms with Gasteiger partial charge >= 0.3 is 0 Å². The summed E-state index contributed by atoms with van der Waals surface area (Å²) in [6.07, 6.45) is 0. The van der Waals surface area contributed by atoms with Crippen molar-refractivity contribution in [3.05, 3.63) is 61.2 Å². The minimum Gasteiger partial charge on any atom is -0.377 e. The molecule has 0 aliphatic heterocycles. The average Bonchev–Trinajstić information content (AvgIpc) is 2.36. The summed E-state index contributed by atoms with van der Waals surface area (Å²) in [7, 11) is 0. The van der Waals surface area contributed by atoms with Gasteiger partial charge in [0.2, 0.25) is 0 Å². The fourth-order valence-corrected chi connectivity index (χ4v) is 3.75. The van der Waals surface area contributed by atoms with E-state index in [4.69, 9.17) is 11.6 Å². The van der Waals surface area contributed by atoms with Crippen molar-refractivity contribution < 1.29 is 4.39 Å². The van der Waals surface area contributed by atoms with Gasteiger partial charge in [0.25, 0.3) is 0 Å². The second-order valence-corrected chi connectivity index (χ2v) is 6.76. The fraction of sp³-hybridized carbons (Fsp3) is 0.200. The molecule has 0 spiro atoms. The first-order valence-electron chi connectivity index (χ1n) is 6.05. The summed E-state index contributed by atoms with van der Waals surface area (Å²) in [4.78, 5) is 0. The minimum atomic E-state index is -0.402. The molecule has 1 nitrogen and oxygen atoms in total. The van der Waals surface area contributed by atoms with E-state index in [0.717, 1.165) is 25.8 Å². The molecule has 2 aromatic carbocycles. The lowest BCUT2D eigenvalue weighted by Crippen LogP contribution is -2.08. The molecule has 0 heterocycles. The summed E-state index contributed by atoms with van der Waals surface area (Å²) in [5.74, 6) is -0.402. The van der Waals surface area contributed by atoms with E-state index in [-0.39, 0.29) is 11.1 Å². The van der Waals surface area contributed by atoms with Crippen LogP contribution in [0, 0.1) is 12.7 Å². The molecule has 5 heteroatoms. The second-order valence-electron chi connectivity index (χ2n) is 4.64. The molecular formula is C15H13Br2ClFN. The van der Waals surface area contributed by atoms with Crippen molar-refractivity contribution in [2.45, 2.75) is 19.9 Å². The van der Waals surface area contributed by atoms with Gasteiger partial charge in [0.15, 0.2) is 0 Å².